The number of rotatable bonds is 4. The van der Waals surface area contributed by atoms with E-state index in [1.165, 1.54) is 19.3 Å². The summed E-state index contributed by atoms with van der Waals surface area (Å²) in [6, 6.07) is 3.28. The van der Waals surface area contributed by atoms with Gasteiger partial charge in [-0.25, -0.2) is 13.6 Å². The molecule has 0 atom stereocenters. The number of sulfonamides is 1. The van der Waals surface area contributed by atoms with E-state index in [4.69, 9.17) is 9.88 Å². The van der Waals surface area contributed by atoms with Crippen LogP contribution in [0.5, 0.6) is 5.75 Å². The fourth-order valence-electron chi connectivity index (χ4n) is 3.04. The van der Waals surface area contributed by atoms with Gasteiger partial charge in [0, 0.05) is 0 Å². The van der Waals surface area contributed by atoms with E-state index in [9.17, 15) is 8.42 Å². The van der Waals surface area contributed by atoms with Gasteiger partial charge in [0.15, 0.2) is 0 Å². The molecule has 0 unspecified atom stereocenters. The molecule has 0 amide bonds. The Balaban J connectivity index is 2.14. The maximum Gasteiger partial charge on any atom is 0.238 e. The molecule has 1 aromatic rings. The van der Waals surface area contributed by atoms with Gasteiger partial charge < -0.3 is 4.74 Å². The molecule has 0 saturated heterocycles. The third-order valence-corrected chi connectivity index (χ3v) is 5.71. The lowest BCUT2D eigenvalue weighted by molar-refractivity contribution is 0.129. The van der Waals surface area contributed by atoms with Crippen LogP contribution in [0.4, 0.5) is 0 Å². The summed E-state index contributed by atoms with van der Waals surface area (Å²) in [5, 5.41) is 5.22. The van der Waals surface area contributed by atoms with Gasteiger partial charge in [-0.05, 0) is 68.7 Å². The Morgan fingerprint density at radius 1 is 1.14 bits per heavy atom. The fraction of sp³-hybridized carbons (Fsp3) is 0.625. The average molecular weight is 311 g/mol. The molecule has 21 heavy (non-hydrogen) atoms. The number of ether oxygens (including phenoxy) is 1. The van der Waals surface area contributed by atoms with Crippen molar-refractivity contribution < 1.29 is 13.2 Å². The molecule has 2 rings (SSSR count). The maximum absolute atomic E-state index is 11.5. The van der Waals surface area contributed by atoms with Crippen LogP contribution in [0.3, 0.4) is 0 Å². The van der Waals surface area contributed by atoms with Crippen LogP contribution >= 0.6 is 0 Å². The Morgan fingerprint density at radius 2 is 1.76 bits per heavy atom. The topological polar surface area (TPSA) is 69.4 Å². The first-order valence-corrected chi connectivity index (χ1v) is 9.17. The van der Waals surface area contributed by atoms with Gasteiger partial charge in [0.25, 0.3) is 0 Å². The standard InChI is InChI=1S/C16H25NO3S/c1-4-13-5-7-14(8-6-13)20-15-9-10-16(21(17,18)19)12(3)11(15)2/h9-10,13-14H,4-8H2,1-3H3,(H2,17,18,19). The summed E-state index contributed by atoms with van der Waals surface area (Å²) in [5.74, 6) is 1.61. The first-order valence-electron chi connectivity index (χ1n) is 7.62. The second kappa shape index (κ2) is 6.36. The van der Waals surface area contributed by atoms with Crippen LogP contribution in [0.2, 0.25) is 0 Å². The highest BCUT2D eigenvalue weighted by Gasteiger charge is 2.23. The molecule has 0 heterocycles. The van der Waals surface area contributed by atoms with E-state index in [2.05, 4.69) is 6.92 Å². The number of hydrogen-bond acceptors (Lipinski definition) is 3. The molecule has 1 saturated carbocycles. The minimum absolute atomic E-state index is 0.182. The molecule has 2 N–H and O–H groups in total. The predicted molar refractivity (Wildman–Crippen MR) is 84.0 cm³/mol. The zero-order chi connectivity index (χ0) is 15.6. The Labute approximate surface area is 127 Å². The zero-order valence-electron chi connectivity index (χ0n) is 13.1. The second-order valence-corrected chi connectivity index (χ2v) is 7.56. The van der Waals surface area contributed by atoms with E-state index in [1.54, 1.807) is 19.1 Å². The number of nitrogens with two attached hydrogens (primary N) is 1. The zero-order valence-corrected chi connectivity index (χ0v) is 13.9. The van der Waals surface area contributed by atoms with Gasteiger partial charge in [-0.2, -0.15) is 0 Å². The lowest BCUT2D eigenvalue weighted by Crippen LogP contribution is -2.24. The Kier molecular flexibility index (Phi) is 4.94. The summed E-state index contributed by atoms with van der Waals surface area (Å²) in [6.07, 6.45) is 6.07. The van der Waals surface area contributed by atoms with Gasteiger partial charge in [0.1, 0.15) is 5.75 Å². The van der Waals surface area contributed by atoms with Crippen LogP contribution in [-0.4, -0.2) is 14.5 Å². The smallest absolute Gasteiger partial charge is 0.238 e. The summed E-state index contributed by atoms with van der Waals surface area (Å²) >= 11 is 0. The van der Waals surface area contributed by atoms with Gasteiger partial charge in [0.05, 0.1) is 11.0 Å². The van der Waals surface area contributed by atoms with Gasteiger partial charge in [-0.3, -0.25) is 0 Å². The normalized spacial score (nSPS) is 23.0. The fourth-order valence-corrected chi connectivity index (χ4v) is 3.88. The monoisotopic (exact) mass is 311 g/mol. The third-order valence-electron chi connectivity index (χ3n) is 4.66. The highest BCUT2D eigenvalue weighted by molar-refractivity contribution is 7.89. The van der Waals surface area contributed by atoms with Gasteiger partial charge in [0.2, 0.25) is 10.0 Å². The molecule has 118 valence electrons. The van der Waals surface area contributed by atoms with Crippen molar-refractivity contribution in [1.29, 1.82) is 0 Å². The summed E-state index contributed by atoms with van der Waals surface area (Å²) in [5.41, 5.74) is 1.54. The lowest BCUT2D eigenvalue weighted by atomic mass is 9.86. The third kappa shape index (κ3) is 3.77. The van der Waals surface area contributed by atoms with Crippen molar-refractivity contribution >= 4 is 10.0 Å². The first-order chi connectivity index (χ1) is 9.82. The van der Waals surface area contributed by atoms with Crippen LogP contribution in [0.25, 0.3) is 0 Å². The minimum atomic E-state index is -3.67. The Bertz CT molecular complexity index is 602. The van der Waals surface area contributed by atoms with Crippen LogP contribution in [-0.2, 0) is 10.0 Å². The molecule has 1 fully saturated rings. The van der Waals surface area contributed by atoms with Crippen molar-refractivity contribution in [3.8, 4) is 5.75 Å². The molecule has 1 aliphatic rings. The van der Waals surface area contributed by atoms with Gasteiger partial charge >= 0.3 is 0 Å². The molecule has 5 heteroatoms. The molecule has 0 radical (unpaired) electrons. The van der Waals surface area contributed by atoms with E-state index in [-0.39, 0.29) is 11.0 Å². The van der Waals surface area contributed by atoms with Crippen LogP contribution in [0, 0.1) is 19.8 Å². The van der Waals surface area contributed by atoms with Crippen molar-refractivity contribution in [3.63, 3.8) is 0 Å². The number of hydrogen-bond donors (Lipinski definition) is 1. The maximum atomic E-state index is 11.5. The quantitative estimate of drug-likeness (QED) is 0.927. The van der Waals surface area contributed by atoms with Gasteiger partial charge in [-0.1, -0.05) is 13.3 Å². The van der Waals surface area contributed by atoms with E-state index in [0.29, 0.717) is 5.56 Å². The SMILES string of the molecule is CCC1CCC(Oc2ccc(S(N)(=O)=O)c(C)c2C)CC1. The molecule has 4 nitrogen and oxygen atoms in total. The van der Waals surface area contributed by atoms with E-state index in [0.717, 1.165) is 30.1 Å². The van der Waals surface area contributed by atoms with Crippen molar-refractivity contribution in [3.05, 3.63) is 23.3 Å². The van der Waals surface area contributed by atoms with E-state index in [1.807, 2.05) is 6.92 Å². The highest BCUT2D eigenvalue weighted by atomic mass is 32.2. The van der Waals surface area contributed by atoms with Crippen LogP contribution < -0.4 is 9.88 Å². The number of benzene rings is 1. The molecule has 0 aliphatic heterocycles. The van der Waals surface area contributed by atoms with Crippen molar-refractivity contribution in [1.82, 2.24) is 0 Å². The molecule has 0 bridgehead atoms. The van der Waals surface area contributed by atoms with E-state index < -0.39 is 10.0 Å². The second-order valence-electron chi connectivity index (χ2n) is 6.03. The molecular weight excluding hydrogens is 286 g/mol. The van der Waals surface area contributed by atoms with Gasteiger partial charge in [-0.15, -0.1) is 0 Å². The Morgan fingerprint density at radius 3 is 2.29 bits per heavy atom. The van der Waals surface area contributed by atoms with Crippen molar-refractivity contribution in [2.45, 2.75) is 63.9 Å². The van der Waals surface area contributed by atoms with E-state index >= 15 is 0 Å². The minimum Gasteiger partial charge on any atom is -0.490 e. The molecule has 1 aliphatic carbocycles. The van der Waals surface area contributed by atoms with Crippen LogP contribution in [0.15, 0.2) is 17.0 Å². The number of primary sulfonamides is 1. The Hall–Kier alpha value is -1.07. The molecule has 0 aromatic heterocycles. The summed E-state index contributed by atoms with van der Waals surface area (Å²) in [6.45, 7) is 5.90. The summed E-state index contributed by atoms with van der Waals surface area (Å²) in [7, 11) is -3.67. The molecule has 1 aromatic carbocycles. The predicted octanol–water partition coefficient (Wildman–Crippen LogP) is 3.30. The largest absolute Gasteiger partial charge is 0.490 e. The molecule has 0 spiro atoms. The lowest BCUT2D eigenvalue weighted by Gasteiger charge is -2.29. The van der Waals surface area contributed by atoms with Crippen LogP contribution in [0.1, 0.15) is 50.2 Å². The summed E-state index contributed by atoms with van der Waals surface area (Å²) in [4.78, 5) is 0.182. The summed E-state index contributed by atoms with van der Waals surface area (Å²) < 4.78 is 29.1. The van der Waals surface area contributed by atoms with Crippen molar-refractivity contribution in [2.24, 2.45) is 11.1 Å². The molecular formula is C16H25NO3S. The average Bonchev–Trinajstić information content (AvgIpc) is 2.43. The first kappa shape index (κ1) is 16.3. The van der Waals surface area contributed by atoms with Crippen molar-refractivity contribution in [2.75, 3.05) is 0 Å². The highest BCUT2D eigenvalue weighted by Crippen LogP contribution is 2.32.